The number of hydrogen-bond acceptors (Lipinski definition) is 2. The van der Waals surface area contributed by atoms with Gasteiger partial charge in [0.25, 0.3) is 0 Å². The Balaban J connectivity index is 1.94. The Kier molecular flexibility index (Phi) is 2.47. The van der Waals surface area contributed by atoms with Crippen molar-refractivity contribution in [3.63, 3.8) is 0 Å². The first-order valence-electron chi connectivity index (χ1n) is 6.43. The first kappa shape index (κ1) is 10.3. The third-order valence-electron chi connectivity index (χ3n) is 4.42. The Hall–Kier alpha value is -0.890. The molecule has 1 fully saturated rings. The minimum Gasteiger partial charge on any atom is -0.390 e. The van der Waals surface area contributed by atoms with E-state index in [1.165, 1.54) is 30.5 Å². The van der Waals surface area contributed by atoms with Gasteiger partial charge in [-0.25, -0.2) is 0 Å². The highest BCUT2D eigenvalue weighted by molar-refractivity contribution is 5.23. The van der Waals surface area contributed by atoms with E-state index in [2.05, 4.69) is 11.1 Å². The molecular weight excluding hydrogens is 198 g/mol. The summed E-state index contributed by atoms with van der Waals surface area (Å²) in [5.74, 6) is 0.465. The lowest BCUT2D eigenvalue weighted by molar-refractivity contribution is -0.0519. The molecule has 0 amide bonds. The van der Waals surface area contributed by atoms with E-state index in [-0.39, 0.29) is 0 Å². The molecule has 0 aliphatic heterocycles. The molecule has 0 saturated heterocycles. The van der Waals surface area contributed by atoms with Crippen LogP contribution in [0.2, 0.25) is 0 Å². The minimum atomic E-state index is -0.404. The molecule has 1 N–H and O–H groups in total. The first-order chi connectivity index (χ1) is 7.78. The fourth-order valence-electron chi connectivity index (χ4n) is 3.40. The summed E-state index contributed by atoms with van der Waals surface area (Å²) in [7, 11) is 0. The van der Waals surface area contributed by atoms with Crippen LogP contribution >= 0.6 is 0 Å². The third kappa shape index (κ3) is 1.65. The fourth-order valence-corrected chi connectivity index (χ4v) is 3.40. The number of aryl methyl sites for hydroxylation is 1. The van der Waals surface area contributed by atoms with Crippen LogP contribution in [0.4, 0.5) is 0 Å². The molecule has 2 atom stereocenters. The molecule has 16 heavy (non-hydrogen) atoms. The number of fused-ring (bicyclic) bond motifs is 2. The molecule has 2 heteroatoms. The highest BCUT2D eigenvalue weighted by Crippen LogP contribution is 2.41. The molecule has 1 saturated carbocycles. The summed E-state index contributed by atoms with van der Waals surface area (Å²) in [6.07, 6.45) is 9.40. The molecular formula is C14H19NO. The Morgan fingerprint density at radius 2 is 2.25 bits per heavy atom. The van der Waals surface area contributed by atoms with Crippen molar-refractivity contribution in [1.29, 1.82) is 0 Å². The van der Waals surface area contributed by atoms with Crippen molar-refractivity contribution >= 4 is 0 Å². The summed E-state index contributed by atoms with van der Waals surface area (Å²) in [6, 6.07) is 4.20. The van der Waals surface area contributed by atoms with E-state index in [1.54, 1.807) is 0 Å². The Labute approximate surface area is 96.7 Å². The van der Waals surface area contributed by atoms with Crippen LogP contribution in [0.1, 0.15) is 43.4 Å². The van der Waals surface area contributed by atoms with Crippen LogP contribution in [0.25, 0.3) is 0 Å². The van der Waals surface area contributed by atoms with Gasteiger partial charge < -0.3 is 5.11 Å². The molecule has 2 aliphatic carbocycles. The lowest BCUT2D eigenvalue weighted by atomic mass is 9.72. The third-order valence-corrected chi connectivity index (χ3v) is 4.42. The topological polar surface area (TPSA) is 33.1 Å². The molecule has 0 radical (unpaired) electrons. The second-order valence-electron chi connectivity index (χ2n) is 5.36. The summed E-state index contributed by atoms with van der Waals surface area (Å²) in [4.78, 5) is 4.46. The van der Waals surface area contributed by atoms with Crippen LogP contribution in [0.15, 0.2) is 18.3 Å². The number of hydrogen-bond donors (Lipinski definition) is 1. The molecule has 0 unspecified atom stereocenters. The predicted molar refractivity (Wildman–Crippen MR) is 63.2 cm³/mol. The number of aromatic nitrogens is 1. The Bertz CT molecular complexity index is 390. The standard InChI is InChI=1S/C14H19NO/c16-14-7-2-1-5-12(14)10-11-4-3-9-15-13(11)6-8-14/h3-4,9,12,16H,1-2,5-8,10H2/t12-,14+/m0/s1. The molecule has 0 spiro atoms. The number of aliphatic hydroxyl groups is 1. The van der Waals surface area contributed by atoms with Crippen LogP contribution in [-0.2, 0) is 12.8 Å². The summed E-state index contributed by atoms with van der Waals surface area (Å²) in [5, 5.41) is 10.7. The van der Waals surface area contributed by atoms with E-state index < -0.39 is 5.60 Å². The van der Waals surface area contributed by atoms with Crippen molar-refractivity contribution in [3.8, 4) is 0 Å². The zero-order chi connectivity index (χ0) is 11.0. The summed E-state index contributed by atoms with van der Waals surface area (Å²) < 4.78 is 0. The molecule has 2 aliphatic rings. The monoisotopic (exact) mass is 217 g/mol. The Morgan fingerprint density at radius 1 is 1.31 bits per heavy atom. The van der Waals surface area contributed by atoms with E-state index in [0.717, 1.165) is 25.7 Å². The van der Waals surface area contributed by atoms with Crippen LogP contribution in [-0.4, -0.2) is 15.7 Å². The lowest BCUT2D eigenvalue weighted by Gasteiger charge is -2.39. The second-order valence-corrected chi connectivity index (χ2v) is 5.36. The average molecular weight is 217 g/mol. The first-order valence-corrected chi connectivity index (χ1v) is 6.43. The normalized spacial score (nSPS) is 33.7. The van der Waals surface area contributed by atoms with Gasteiger partial charge in [0.2, 0.25) is 0 Å². The van der Waals surface area contributed by atoms with E-state index in [1.807, 2.05) is 12.3 Å². The summed E-state index contributed by atoms with van der Waals surface area (Å²) >= 11 is 0. The molecule has 2 nitrogen and oxygen atoms in total. The van der Waals surface area contributed by atoms with Gasteiger partial charge in [-0.3, -0.25) is 4.98 Å². The van der Waals surface area contributed by atoms with Gasteiger partial charge in [0.05, 0.1) is 5.60 Å². The smallest absolute Gasteiger partial charge is 0.0682 e. The van der Waals surface area contributed by atoms with Gasteiger partial charge in [0, 0.05) is 11.9 Å². The van der Waals surface area contributed by atoms with Crippen molar-refractivity contribution in [2.24, 2.45) is 5.92 Å². The summed E-state index contributed by atoms with van der Waals surface area (Å²) in [6.45, 7) is 0. The molecule has 1 aromatic heterocycles. The van der Waals surface area contributed by atoms with Crippen molar-refractivity contribution in [2.75, 3.05) is 0 Å². The lowest BCUT2D eigenvalue weighted by Crippen LogP contribution is -2.41. The molecule has 86 valence electrons. The van der Waals surface area contributed by atoms with Crippen LogP contribution in [0, 0.1) is 5.92 Å². The SMILES string of the molecule is O[C@@]12CCCC[C@H]1Cc1cccnc1CC2. The van der Waals surface area contributed by atoms with Crippen molar-refractivity contribution in [2.45, 2.75) is 50.5 Å². The maximum absolute atomic E-state index is 10.7. The van der Waals surface area contributed by atoms with Crippen molar-refractivity contribution in [1.82, 2.24) is 4.98 Å². The van der Waals surface area contributed by atoms with Gasteiger partial charge in [-0.05, 0) is 49.7 Å². The summed E-state index contributed by atoms with van der Waals surface area (Å²) in [5.41, 5.74) is 2.18. The van der Waals surface area contributed by atoms with Gasteiger partial charge in [-0.2, -0.15) is 0 Å². The van der Waals surface area contributed by atoms with Crippen molar-refractivity contribution < 1.29 is 5.11 Å². The minimum absolute atomic E-state index is 0.404. The number of pyridine rings is 1. The zero-order valence-electron chi connectivity index (χ0n) is 9.65. The average Bonchev–Trinajstić information content (AvgIpc) is 2.45. The number of nitrogens with zero attached hydrogens (tertiary/aromatic N) is 1. The van der Waals surface area contributed by atoms with Crippen molar-refractivity contribution in [3.05, 3.63) is 29.6 Å². The predicted octanol–water partition coefficient (Wildman–Crippen LogP) is 2.49. The van der Waals surface area contributed by atoms with E-state index in [9.17, 15) is 5.11 Å². The number of rotatable bonds is 0. The maximum Gasteiger partial charge on any atom is 0.0682 e. The largest absolute Gasteiger partial charge is 0.390 e. The van der Waals surface area contributed by atoms with Gasteiger partial charge in [0.15, 0.2) is 0 Å². The molecule has 1 aromatic rings. The van der Waals surface area contributed by atoms with E-state index >= 15 is 0 Å². The molecule has 0 aromatic carbocycles. The zero-order valence-corrected chi connectivity index (χ0v) is 9.65. The Morgan fingerprint density at radius 3 is 3.19 bits per heavy atom. The molecule has 0 bridgehead atoms. The van der Waals surface area contributed by atoms with E-state index in [0.29, 0.717) is 5.92 Å². The van der Waals surface area contributed by atoms with Crippen LogP contribution in [0.5, 0.6) is 0 Å². The fraction of sp³-hybridized carbons (Fsp3) is 0.643. The van der Waals surface area contributed by atoms with Gasteiger partial charge in [0.1, 0.15) is 0 Å². The second kappa shape index (κ2) is 3.85. The van der Waals surface area contributed by atoms with Crippen LogP contribution in [0.3, 0.4) is 0 Å². The quantitative estimate of drug-likeness (QED) is 0.724. The van der Waals surface area contributed by atoms with Crippen LogP contribution < -0.4 is 0 Å². The van der Waals surface area contributed by atoms with E-state index in [4.69, 9.17) is 0 Å². The maximum atomic E-state index is 10.7. The highest BCUT2D eigenvalue weighted by atomic mass is 16.3. The van der Waals surface area contributed by atoms with Gasteiger partial charge >= 0.3 is 0 Å². The van der Waals surface area contributed by atoms with Gasteiger partial charge in [-0.15, -0.1) is 0 Å². The molecule has 1 heterocycles. The van der Waals surface area contributed by atoms with Gasteiger partial charge in [-0.1, -0.05) is 18.9 Å². The highest BCUT2D eigenvalue weighted by Gasteiger charge is 2.40. The molecule has 3 rings (SSSR count).